The van der Waals surface area contributed by atoms with Gasteiger partial charge in [-0.1, -0.05) is 20.8 Å². The number of hydrogen-bond acceptors (Lipinski definition) is 4. The number of aromatic nitrogens is 1. The van der Waals surface area contributed by atoms with Crippen molar-refractivity contribution >= 4 is 17.4 Å². The Bertz CT molecular complexity index is 451. The molecule has 0 aliphatic heterocycles. The van der Waals surface area contributed by atoms with Crippen molar-refractivity contribution < 1.29 is 4.79 Å². The summed E-state index contributed by atoms with van der Waals surface area (Å²) in [6.07, 6.45) is 1.59. The second-order valence-electron chi connectivity index (χ2n) is 5.64. The molecule has 0 saturated carbocycles. The average Bonchev–Trinajstić information content (AvgIpc) is 2.25. The number of carbonyl (C=O) groups is 1. The van der Waals surface area contributed by atoms with Gasteiger partial charge in [0.1, 0.15) is 5.82 Å². The Kier molecular flexibility index (Phi) is 3.84. The molecule has 0 aliphatic rings. The number of primary amides is 1. The maximum absolute atomic E-state index is 11.5. The maximum atomic E-state index is 11.5. The molecule has 0 bridgehead atoms. The van der Waals surface area contributed by atoms with E-state index in [-0.39, 0.29) is 11.5 Å². The number of amides is 1. The van der Waals surface area contributed by atoms with Gasteiger partial charge in [-0.3, -0.25) is 4.79 Å². The van der Waals surface area contributed by atoms with Gasteiger partial charge in [0.15, 0.2) is 0 Å². The van der Waals surface area contributed by atoms with Gasteiger partial charge >= 0.3 is 0 Å². The van der Waals surface area contributed by atoms with Gasteiger partial charge in [0.25, 0.3) is 5.91 Å². The topological polar surface area (TPSA) is 85.2 Å². The lowest BCUT2D eigenvalue weighted by Gasteiger charge is -2.37. The van der Waals surface area contributed by atoms with Crippen LogP contribution in [0.15, 0.2) is 12.3 Å². The summed E-state index contributed by atoms with van der Waals surface area (Å²) >= 11 is 0. The van der Waals surface area contributed by atoms with Crippen molar-refractivity contribution in [3.8, 4) is 0 Å². The van der Waals surface area contributed by atoms with E-state index < -0.39 is 5.91 Å². The molecule has 0 radical (unpaired) electrons. The number of nitrogens with two attached hydrogens (primary N) is 2. The molecule has 1 aromatic heterocycles. The van der Waals surface area contributed by atoms with E-state index in [2.05, 4.69) is 32.7 Å². The lowest BCUT2D eigenvalue weighted by Crippen LogP contribution is -2.40. The summed E-state index contributed by atoms with van der Waals surface area (Å²) in [5.74, 6) is -0.198. The van der Waals surface area contributed by atoms with Crippen molar-refractivity contribution in [1.82, 2.24) is 4.98 Å². The Labute approximate surface area is 108 Å². The first kappa shape index (κ1) is 14.3. The Morgan fingerprint density at radius 3 is 2.44 bits per heavy atom. The highest BCUT2D eigenvalue weighted by Gasteiger charge is 2.26. The molecule has 1 rings (SSSR count). The molecule has 1 amide bonds. The number of hydrogen-bond donors (Lipinski definition) is 2. The molecule has 5 heteroatoms. The summed E-state index contributed by atoms with van der Waals surface area (Å²) in [6, 6.07) is 1.74. The van der Waals surface area contributed by atoms with Gasteiger partial charge in [-0.25, -0.2) is 4.98 Å². The van der Waals surface area contributed by atoms with Crippen molar-refractivity contribution in [2.75, 3.05) is 17.7 Å². The third-order valence-electron chi connectivity index (χ3n) is 3.38. The van der Waals surface area contributed by atoms with Crippen LogP contribution < -0.4 is 16.4 Å². The fourth-order valence-electron chi connectivity index (χ4n) is 1.73. The smallest absolute Gasteiger partial charge is 0.251 e. The van der Waals surface area contributed by atoms with Gasteiger partial charge in [-0.2, -0.15) is 0 Å². The molecule has 1 heterocycles. The molecule has 0 spiro atoms. The summed E-state index contributed by atoms with van der Waals surface area (Å²) < 4.78 is 0. The van der Waals surface area contributed by atoms with E-state index in [1.807, 2.05) is 11.9 Å². The highest BCUT2D eigenvalue weighted by atomic mass is 16.1. The molecule has 4 N–H and O–H groups in total. The summed E-state index contributed by atoms with van der Waals surface area (Å²) in [5.41, 5.74) is 12.2. The van der Waals surface area contributed by atoms with Crippen molar-refractivity contribution in [2.45, 2.75) is 33.7 Å². The lowest BCUT2D eigenvalue weighted by atomic mass is 9.87. The molecular weight excluding hydrogens is 228 g/mol. The zero-order valence-electron chi connectivity index (χ0n) is 11.7. The first-order valence-corrected chi connectivity index (χ1v) is 5.92. The van der Waals surface area contributed by atoms with Gasteiger partial charge in [-0.05, 0) is 18.4 Å². The molecule has 0 fully saturated rings. The van der Waals surface area contributed by atoms with Crippen LogP contribution in [0.3, 0.4) is 0 Å². The van der Waals surface area contributed by atoms with Crippen LogP contribution in [0.25, 0.3) is 0 Å². The summed E-state index contributed by atoms with van der Waals surface area (Å²) in [4.78, 5) is 17.5. The van der Waals surface area contributed by atoms with Gasteiger partial charge in [0.2, 0.25) is 0 Å². The second-order valence-corrected chi connectivity index (χ2v) is 5.64. The Morgan fingerprint density at radius 2 is 2.00 bits per heavy atom. The highest BCUT2D eigenvalue weighted by molar-refractivity contribution is 5.99. The molecule has 1 atom stereocenters. The van der Waals surface area contributed by atoms with E-state index in [0.29, 0.717) is 17.1 Å². The quantitative estimate of drug-likeness (QED) is 0.853. The van der Waals surface area contributed by atoms with Crippen molar-refractivity contribution in [3.05, 3.63) is 17.8 Å². The van der Waals surface area contributed by atoms with Gasteiger partial charge < -0.3 is 16.4 Å². The molecular formula is C13H22N4O. The molecule has 18 heavy (non-hydrogen) atoms. The minimum Gasteiger partial charge on any atom is -0.384 e. The molecule has 100 valence electrons. The van der Waals surface area contributed by atoms with E-state index in [4.69, 9.17) is 11.5 Å². The van der Waals surface area contributed by atoms with E-state index >= 15 is 0 Å². The summed E-state index contributed by atoms with van der Waals surface area (Å²) in [7, 11) is 1.93. The highest BCUT2D eigenvalue weighted by Crippen LogP contribution is 2.29. The number of anilines is 2. The zero-order valence-corrected chi connectivity index (χ0v) is 11.7. The number of nitrogens with zero attached hydrogens (tertiary/aromatic N) is 2. The first-order valence-electron chi connectivity index (χ1n) is 5.92. The van der Waals surface area contributed by atoms with Crippen molar-refractivity contribution in [2.24, 2.45) is 11.1 Å². The van der Waals surface area contributed by atoms with Crippen LogP contribution in [0.4, 0.5) is 11.5 Å². The normalized spacial score (nSPS) is 13.2. The molecule has 1 aromatic rings. The fourth-order valence-corrected chi connectivity index (χ4v) is 1.73. The number of nitrogen functional groups attached to an aromatic ring is 1. The Balaban J connectivity index is 3.21. The van der Waals surface area contributed by atoms with Crippen LogP contribution >= 0.6 is 0 Å². The zero-order chi connectivity index (χ0) is 14.1. The predicted octanol–water partition coefficient (Wildman–Crippen LogP) is 1.63. The fraction of sp³-hybridized carbons (Fsp3) is 0.538. The minimum atomic E-state index is -0.493. The van der Waals surface area contributed by atoms with E-state index in [1.165, 1.54) is 6.07 Å². The van der Waals surface area contributed by atoms with E-state index in [9.17, 15) is 4.79 Å². The number of pyridine rings is 1. The summed E-state index contributed by atoms with van der Waals surface area (Å²) in [6.45, 7) is 8.52. The van der Waals surface area contributed by atoms with Gasteiger partial charge in [0.05, 0.1) is 17.4 Å². The van der Waals surface area contributed by atoms with E-state index in [1.54, 1.807) is 6.20 Å². The third-order valence-corrected chi connectivity index (χ3v) is 3.38. The largest absolute Gasteiger partial charge is 0.384 e. The average molecular weight is 250 g/mol. The van der Waals surface area contributed by atoms with Crippen LogP contribution in [0.5, 0.6) is 0 Å². The van der Waals surface area contributed by atoms with Crippen LogP contribution in [0, 0.1) is 5.41 Å². The van der Waals surface area contributed by atoms with Gasteiger partial charge in [-0.15, -0.1) is 0 Å². The van der Waals surface area contributed by atoms with Crippen LogP contribution in [-0.4, -0.2) is 24.0 Å². The monoisotopic (exact) mass is 250 g/mol. The van der Waals surface area contributed by atoms with Crippen LogP contribution in [0.2, 0.25) is 0 Å². The van der Waals surface area contributed by atoms with Crippen LogP contribution in [0.1, 0.15) is 38.1 Å². The van der Waals surface area contributed by atoms with E-state index in [0.717, 1.165) is 0 Å². The van der Waals surface area contributed by atoms with Gasteiger partial charge in [0, 0.05) is 13.1 Å². The van der Waals surface area contributed by atoms with Crippen LogP contribution in [-0.2, 0) is 0 Å². The van der Waals surface area contributed by atoms with Crippen molar-refractivity contribution in [3.63, 3.8) is 0 Å². The minimum absolute atomic E-state index is 0.0745. The molecule has 5 nitrogen and oxygen atoms in total. The Morgan fingerprint density at radius 1 is 1.44 bits per heavy atom. The number of rotatable bonds is 3. The predicted molar refractivity (Wildman–Crippen MR) is 74.5 cm³/mol. The lowest BCUT2D eigenvalue weighted by molar-refractivity contribution is 0.100. The molecule has 0 saturated heterocycles. The molecule has 0 aromatic carbocycles. The standard InChI is InChI=1S/C13H22N4O/c1-8(13(2,3)4)17(5)10-7-16-11(14)6-9(10)12(15)18/h6-8H,1-5H3,(H2,14,16)(H2,15,18). The summed E-state index contributed by atoms with van der Waals surface area (Å²) in [5, 5.41) is 0. The second kappa shape index (κ2) is 4.84. The van der Waals surface area contributed by atoms with Crippen molar-refractivity contribution in [1.29, 1.82) is 0 Å². The maximum Gasteiger partial charge on any atom is 0.251 e. The molecule has 0 aliphatic carbocycles. The number of carbonyl (C=O) groups excluding carboxylic acids is 1. The Hall–Kier alpha value is -1.78. The SMILES string of the molecule is CC(N(C)c1cnc(N)cc1C(N)=O)C(C)(C)C. The molecule has 1 unspecified atom stereocenters. The third kappa shape index (κ3) is 2.91. The first-order chi connectivity index (χ1) is 8.14.